The van der Waals surface area contributed by atoms with Crippen molar-refractivity contribution >= 4 is 29.4 Å². The lowest BCUT2D eigenvalue weighted by Gasteiger charge is -2.24. The maximum Gasteiger partial charge on any atom is 0.412 e. The van der Waals surface area contributed by atoms with Gasteiger partial charge in [-0.05, 0) is 43.9 Å². The van der Waals surface area contributed by atoms with Crippen molar-refractivity contribution in [1.82, 2.24) is 20.9 Å². The monoisotopic (exact) mass is 583 g/mol. The van der Waals surface area contributed by atoms with Crippen LogP contribution >= 0.6 is 0 Å². The number of nitrogens with zero attached hydrogens (tertiary/aromatic N) is 1. The zero-order chi connectivity index (χ0) is 30.9. The van der Waals surface area contributed by atoms with Crippen molar-refractivity contribution in [3.8, 4) is 0 Å². The number of alkyl carbamates (subject to hydrolysis) is 1. The van der Waals surface area contributed by atoms with Crippen molar-refractivity contribution in [1.29, 1.82) is 5.41 Å². The Labute approximate surface area is 250 Å². The van der Waals surface area contributed by atoms with Crippen LogP contribution in [0.25, 0.3) is 0 Å². The first-order valence-corrected chi connectivity index (χ1v) is 13.9. The van der Waals surface area contributed by atoms with Gasteiger partial charge in [0.05, 0.1) is 36.5 Å². The molecular weight excluding hydrogens is 548 g/mol. The van der Waals surface area contributed by atoms with E-state index in [0.29, 0.717) is 13.0 Å². The molecule has 6 N–H and O–H groups in total. The van der Waals surface area contributed by atoms with E-state index in [1.807, 2.05) is 60.7 Å². The van der Waals surface area contributed by atoms with Crippen molar-refractivity contribution in [3.63, 3.8) is 0 Å². The zero-order valence-corrected chi connectivity index (χ0v) is 23.9. The smallest absolute Gasteiger partial charge is 0.412 e. The molecule has 0 unspecified atom stereocenters. The van der Waals surface area contributed by atoms with E-state index in [0.717, 1.165) is 24.7 Å². The molecule has 4 rings (SSSR count). The van der Waals surface area contributed by atoms with Crippen LogP contribution in [0.2, 0.25) is 0 Å². The number of benzene rings is 2. The molecule has 3 aromatic rings. The lowest BCUT2D eigenvalue weighted by molar-refractivity contribution is -0.122. The number of rotatable bonds is 11. The van der Waals surface area contributed by atoms with Crippen LogP contribution in [-0.4, -0.2) is 66.2 Å². The molecule has 2 aromatic carbocycles. The number of nitrogens with one attached hydrogen (secondary N) is 4. The van der Waals surface area contributed by atoms with Crippen LogP contribution in [0.3, 0.4) is 0 Å². The minimum atomic E-state index is -1.17. The number of aromatic nitrogens is 1. The van der Waals surface area contributed by atoms with Crippen LogP contribution in [0.4, 0.5) is 4.79 Å². The summed E-state index contributed by atoms with van der Waals surface area (Å²) < 4.78 is 4.62. The third-order valence-electron chi connectivity index (χ3n) is 7.26. The van der Waals surface area contributed by atoms with Gasteiger partial charge in [0.1, 0.15) is 5.84 Å². The molecule has 1 saturated heterocycles. The van der Waals surface area contributed by atoms with E-state index in [4.69, 9.17) is 11.1 Å². The van der Waals surface area contributed by atoms with Gasteiger partial charge in [-0.1, -0.05) is 60.7 Å². The highest BCUT2D eigenvalue weighted by Gasteiger charge is 2.35. The Bertz CT molecular complexity index is 1490. The van der Waals surface area contributed by atoms with Gasteiger partial charge in [-0.15, -0.1) is 0 Å². The molecule has 1 aromatic heterocycles. The minimum Gasteiger partial charge on any atom is -0.453 e. The van der Waals surface area contributed by atoms with Gasteiger partial charge in [-0.2, -0.15) is 0 Å². The summed E-state index contributed by atoms with van der Waals surface area (Å²) in [6, 6.07) is 15.6. The fraction of sp³-hybridized carbons (Fsp3) is 0.281. The van der Waals surface area contributed by atoms with E-state index < -0.39 is 47.5 Å². The van der Waals surface area contributed by atoms with E-state index >= 15 is 0 Å². The molecule has 1 fully saturated rings. The van der Waals surface area contributed by atoms with E-state index in [1.54, 1.807) is 0 Å². The number of nitrogens with two attached hydrogens (primary N) is 1. The molecule has 1 radical (unpaired) electrons. The highest BCUT2D eigenvalue weighted by atomic mass is 16.5. The number of amides is 2. The summed E-state index contributed by atoms with van der Waals surface area (Å²) in [5.41, 5.74) is 7.56. The van der Waals surface area contributed by atoms with Crippen molar-refractivity contribution in [2.45, 2.75) is 43.8 Å². The maximum absolute atomic E-state index is 14.5. The van der Waals surface area contributed by atoms with Gasteiger partial charge in [-0.25, -0.2) is 4.79 Å². The Balaban J connectivity index is 1.77. The number of ketones is 2. The predicted octanol–water partition coefficient (Wildman–Crippen LogP) is 2.36. The van der Waals surface area contributed by atoms with Crippen molar-refractivity contribution in [2.75, 3.05) is 13.7 Å². The third kappa shape index (κ3) is 7.76. The fourth-order valence-corrected chi connectivity index (χ4v) is 5.04. The first-order chi connectivity index (χ1) is 20.7. The molecule has 223 valence electrons. The molecule has 11 heteroatoms. The summed E-state index contributed by atoms with van der Waals surface area (Å²) in [6.07, 6.45) is 1.90. The van der Waals surface area contributed by atoms with Crippen molar-refractivity contribution in [3.05, 3.63) is 107 Å². The fourth-order valence-electron chi connectivity index (χ4n) is 5.04. The number of Topliss-reactive ketones (excluding diaryl/α,β-unsaturated/α-hetero) is 2. The maximum atomic E-state index is 14.5. The van der Waals surface area contributed by atoms with Gasteiger partial charge in [0.15, 0.2) is 11.6 Å². The zero-order valence-electron chi connectivity index (χ0n) is 23.9. The molecule has 2 heterocycles. The molecule has 11 nitrogen and oxygen atoms in total. The highest BCUT2D eigenvalue weighted by Crippen LogP contribution is 2.25. The van der Waals surface area contributed by atoms with Crippen LogP contribution in [0.15, 0.2) is 66.9 Å². The number of amidine groups is 1. The lowest BCUT2D eigenvalue weighted by atomic mass is 9.87. The summed E-state index contributed by atoms with van der Waals surface area (Å²) in [7, 11) is 1.14. The SMILES string of the molecule is [CH2]c1ncc(C(=N)NC(=O)OC)c(C(=O)[C@H](Cc2ccccc2)NC(=O)[C@@H](N)Cc2ccccc2)c1C(=O)[C@@H]1CCCN1. The second kappa shape index (κ2) is 14.4. The molecule has 1 aliphatic heterocycles. The largest absolute Gasteiger partial charge is 0.453 e. The van der Waals surface area contributed by atoms with Gasteiger partial charge in [0, 0.05) is 23.7 Å². The Morgan fingerprint density at radius 1 is 1.05 bits per heavy atom. The molecule has 1 aliphatic rings. The molecule has 0 aliphatic carbocycles. The number of methoxy groups -OCH3 is 1. The molecule has 3 atom stereocenters. The number of pyridine rings is 1. The molecule has 43 heavy (non-hydrogen) atoms. The van der Waals surface area contributed by atoms with Crippen LogP contribution < -0.4 is 21.7 Å². The summed E-state index contributed by atoms with van der Waals surface area (Å²) >= 11 is 0. The Kier molecular flexibility index (Phi) is 10.5. The summed E-state index contributed by atoms with van der Waals surface area (Å²) in [6.45, 7) is 4.54. The van der Waals surface area contributed by atoms with Crippen LogP contribution in [0, 0.1) is 12.3 Å². The number of ether oxygens (including phenoxy) is 1. The van der Waals surface area contributed by atoms with Gasteiger partial charge in [0.25, 0.3) is 0 Å². The van der Waals surface area contributed by atoms with E-state index in [-0.39, 0.29) is 35.2 Å². The molecule has 0 bridgehead atoms. The van der Waals surface area contributed by atoms with Crippen LogP contribution in [-0.2, 0) is 22.4 Å². The first kappa shape index (κ1) is 31.2. The lowest BCUT2D eigenvalue weighted by Crippen LogP contribution is -2.50. The Hall–Kier alpha value is -4.74. The molecule has 0 spiro atoms. The third-order valence-corrected chi connectivity index (χ3v) is 7.26. The first-order valence-electron chi connectivity index (χ1n) is 13.9. The average molecular weight is 584 g/mol. The van der Waals surface area contributed by atoms with Crippen LogP contribution in [0.1, 0.15) is 55.9 Å². The normalized spacial score (nSPS) is 15.7. The quantitative estimate of drug-likeness (QED) is 0.130. The number of carbonyl (C=O) groups excluding carboxylic acids is 4. The van der Waals surface area contributed by atoms with Gasteiger partial charge < -0.3 is 21.1 Å². The number of carbonyl (C=O) groups is 4. The second-order valence-electron chi connectivity index (χ2n) is 10.3. The van der Waals surface area contributed by atoms with Gasteiger partial charge >= 0.3 is 6.09 Å². The Morgan fingerprint density at radius 2 is 1.67 bits per heavy atom. The topological polar surface area (TPSA) is 176 Å². The van der Waals surface area contributed by atoms with Gasteiger partial charge in [0.2, 0.25) is 5.91 Å². The second-order valence-corrected chi connectivity index (χ2v) is 10.3. The standard InChI is InChI=1S/C32H35N6O5/c1-19-26(28(39)24-14-9-15-35-24)27(22(18-36-19)30(34)38-32(42)43-2)29(40)25(17-21-12-7-4-8-13-21)37-31(41)23(33)16-20-10-5-3-6-11-20/h3-8,10-13,18,23-25,35H,1,9,14-17,33H2,2H3,(H,37,41)(H2,34,38,42)/t23-,24-,25-/m0/s1. The van der Waals surface area contributed by atoms with Crippen molar-refractivity contribution in [2.24, 2.45) is 5.73 Å². The summed E-state index contributed by atoms with van der Waals surface area (Å²) in [5, 5.41) is 16.7. The van der Waals surface area contributed by atoms with E-state index in [1.165, 1.54) is 6.20 Å². The number of hydrogen-bond acceptors (Lipinski definition) is 9. The minimum absolute atomic E-state index is 0.0437. The van der Waals surface area contributed by atoms with Crippen molar-refractivity contribution < 1.29 is 23.9 Å². The van der Waals surface area contributed by atoms with E-state index in [9.17, 15) is 19.2 Å². The number of hydrogen-bond donors (Lipinski definition) is 5. The Morgan fingerprint density at radius 3 is 2.26 bits per heavy atom. The summed E-state index contributed by atoms with van der Waals surface area (Å²) in [5.74, 6) is -2.11. The highest BCUT2D eigenvalue weighted by molar-refractivity contribution is 6.20. The molecular formula is C32H35N6O5. The predicted molar refractivity (Wildman–Crippen MR) is 161 cm³/mol. The summed E-state index contributed by atoms with van der Waals surface area (Å²) in [4.78, 5) is 57.8. The average Bonchev–Trinajstić information content (AvgIpc) is 3.56. The molecule has 2 amide bonds. The molecule has 0 saturated carbocycles. The van der Waals surface area contributed by atoms with E-state index in [2.05, 4.69) is 32.6 Å². The van der Waals surface area contributed by atoms with Crippen LogP contribution in [0.5, 0.6) is 0 Å². The van der Waals surface area contributed by atoms with Gasteiger partial charge in [-0.3, -0.25) is 30.1 Å².